The fourth-order valence-electron chi connectivity index (χ4n) is 3.92. The van der Waals surface area contributed by atoms with Crippen molar-refractivity contribution in [1.29, 1.82) is 0 Å². The minimum atomic E-state index is 0.0325. The summed E-state index contributed by atoms with van der Waals surface area (Å²) in [4.78, 5) is 19.5. The number of pyridine rings is 1. The fourth-order valence-corrected chi connectivity index (χ4v) is 3.92. The number of piperidine rings is 1. The molecule has 1 aliphatic rings. The first-order chi connectivity index (χ1) is 12.5. The van der Waals surface area contributed by atoms with Crippen LogP contribution in [0, 0.1) is 12.8 Å². The highest BCUT2D eigenvalue weighted by Gasteiger charge is 2.22. The lowest BCUT2D eigenvalue weighted by atomic mass is 9.96. The predicted octanol–water partition coefficient (Wildman–Crippen LogP) is 1.69. The third-order valence-electron chi connectivity index (χ3n) is 5.60. The Kier molecular flexibility index (Phi) is 4.40. The molecule has 0 spiro atoms. The maximum atomic E-state index is 12.6. The number of fused-ring (bicyclic) bond motifs is 1. The van der Waals surface area contributed by atoms with Gasteiger partial charge in [0.15, 0.2) is 5.65 Å². The molecule has 0 amide bonds. The minimum Gasteiger partial charge on any atom is -0.297 e. The smallest absolute Gasteiger partial charge is 0.297 e. The van der Waals surface area contributed by atoms with Gasteiger partial charge in [0.2, 0.25) is 0 Å². The predicted molar refractivity (Wildman–Crippen MR) is 101 cm³/mol. The molecular weight excluding hydrogens is 328 g/mol. The van der Waals surface area contributed by atoms with Gasteiger partial charge < -0.3 is 0 Å². The van der Waals surface area contributed by atoms with E-state index in [1.54, 1.807) is 10.8 Å². The van der Waals surface area contributed by atoms with Crippen LogP contribution in [0.15, 0.2) is 29.2 Å². The number of hydrogen-bond donors (Lipinski definition) is 0. The summed E-state index contributed by atoms with van der Waals surface area (Å²) in [5.41, 5.74) is 4.06. The molecule has 1 aliphatic heterocycles. The second-order valence-corrected chi connectivity index (χ2v) is 7.42. The van der Waals surface area contributed by atoms with E-state index in [9.17, 15) is 4.79 Å². The van der Waals surface area contributed by atoms with Gasteiger partial charge in [-0.1, -0.05) is 0 Å². The van der Waals surface area contributed by atoms with Gasteiger partial charge >= 0.3 is 5.69 Å². The Balaban J connectivity index is 1.41. The van der Waals surface area contributed by atoms with Crippen LogP contribution in [0.5, 0.6) is 0 Å². The zero-order valence-electron chi connectivity index (χ0n) is 15.7. The van der Waals surface area contributed by atoms with E-state index in [0.717, 1.165) is 55.9 Å². The number of aryl methyl sites for hydroxylation is 3. The molecule has 0 aliphatic carbocycles. The summed E-state index contributed by atoms with van der Waals surface area (Å²) in [7, 11) is 3.81. The zero-order chi connectivity index (χ0) is 18.3. The van der Waals surface area contributed by atoms with E-state index in [2.05, 4.69) is 28.0 Å². The Hall–Kier alpha value is -2.41. The molecule has 4 rings (SSSR count). The second kappa shape index (κ2) is 6.72. The first kappa shape index (κ1) is 17.0. The standard InChI is InChI=1S/C19H26N6O/c1-14-11-16(21-23(14)3)13-24-9-6-15(7-10-24)12-25-18-17(5-4-8-20-18)22(2)19(25)26/h4-5,8,11,15H,6-7,9-10,12-13H2,1-3H3. The molecule has 138 valence electrons. The third kappa shape index (κ3) is 3.07. The van der Waals surface area contributed by atoms with Crippen LogP contribution in [-0.4, -0.2) is 41.9 Å². The average molecular weight is 354 g/mol. The number of rotatable bonds is 4. The van der Waals surface area contributed by atoms with Gasteiger partial charge in [-0.25, -0.2) is 9.78 Å². The first-order valence-electron chi connectivity index (χ1n) is 9.25. The normalized spacial score (nSPS) is 16.6. The van der Waals surface area contributed by atoms with Crippen LogP contribution >= 0.6 is 0 Å². The van der Waals surface area contributed by atoms with Gasteiger partial charge in [-0.05, 0) is 57.0 Å². The Morgan fingerprint density at radius 2 is 2.00 bits per heavy atom. The molecule has 0 radical (unpaired) electrons. The third-order valence-corrected chi connectivity index (χ3v) is 5.60. The summed E-state index contributed by atoms with van der Waals surface area (Å²) in [5.74, 6) is 0.516. The largest absolute Gasteiger partial charge is 0.330 e. The molecule has 0 saturated carbocycles. The van der Waals surface area contributed by atoms with Crippen LogP contribution in [-0.2, 0) is 27.2 Å². The molecule has 4 heterocycles. The van der Waals surface area contributed by atoms with Gasteiger partial charge in [-0.15, -0.1) is 0 Å². The number of likely N-dealkylation sites (tertiary alicyclic amines) is 1. The van der Waals surface area contributed by atoms with E-state index in [-0.39, 0.29) is 5.69 Å². The van der Waals surface area contributed by atoms with Crippen LogP contribution in [0.3, 0.4) is 0 Å². The molecule has 1 fully saturated rings. The van der Waals surface area contributed by atoms with Gasteiger partial charge in [0.25, 0.3) is 0 Å². The van der Waals surface area contributed by atoms with Crippen molar-refractivity contribution in [2.24, 2.45) is 20.0 Å². The van der Waals surface area contributed by atoms with Crippen LogP contribution in [0.4, 0.5) is 0 Å². The molecule has 0 atom stereocenters. The molecule has 1 saturated heterocycles. The topological polar surface area (TPSA) is 60.9 Å². The molecule has 0 aromatic carbocycles. The Bertz CT molecular complexity index is 954. The van der Waals surface area contributed by atoms with Crippen molar-refractivity contribution in [2.45, 2.75) is 32.9 Å². The maximum absolute atomic E-state index is 12.6. The second-order valence-electron chi connectivity index (χ2n) is 7.42. The van der Waals surface area contributed by atoms with Gasteiger partial charge in [0, 0.05) is 39.1 Å². The van der Waals surface area contributed by atoms with Crippen molar-refractivity contribution < 1.29 is 0 Å². The maximum Gasteiger partial charge on any atom is 0.330 e. The number of hydrogen-bond acceptors (Lipinski definition) is 4. The number of nitrogens with zero attached hydrogens (tertiary/aromatic N) is 6. The summed E-state index contributed by atoms with van der Waals surface area (Å²) in [6, 6.07) is 6.00. The van der Waals surface area contributed by atoms with Crippen LogP contribution in [0.25, 0.3) is 11.2 Å². The van der Waals surface area contributed by atoms with Crippen LogP contribution < -0.4 is 5.69 Å². The molecule has 0 unspecified atom stereocenters. The summed E-state index contributed by atoms with van der Waals surface area (Å²) in [5, 5.41) is 4.56. The summed E-state index contributed by atoms with van der Waals surface area (Å²) >= 11 is 0. The Labute approximate surface area is 152 Å². The number of aromatic nitrogens is 5. The monoisotopic (exact) mass is 354 g/mol. The molecule has 0 N–H and O–H groups in total. The lowest BCUT2D eigenvalue weighted by Crippen LogP contribution is -2.36. The summed E-state index contributed by atoms with van der Waals surface area (Å²) < 4.78 is 5.47. The van der Waals surface area contributed by atoms with Crippen molar-refractivity contribution in [2.75, 3.05) is 13.1 Å². The molecule has 0 bridgehead atoms. The highest BCUT2D eigenvalue weighted by atomic mass is 16.1. The lowest BCUT2D eigenvalue weighted by molar-refractivity contribution is 0.165. The highest BCUT2D eigenvalue weighted by molar-refractivity contribution is 5.71. The molecule has 3 aromatic rings. The van der Waals surface area contributed by atoms with E-state index < -0.39 is 0 Å². The van der Waals surface area contributed by atoms with Gasteiger partial charge in [-0.3, -0.25) is 18.7 Å². The summed E-state index contributed by atoms with van der Waals surface area (Å²) in [6.07, 6.45) is 3.96. The minimum absolute atomic E-state index is 0.0325. The molecule has 3 aromatic heterocycles. The lowest BCUT2D eigenvalue weighted by Gasteiger charge is -2.31. The van der Waals surface area contributed by atoms with E-state index in [1.165, 1.54) is 5.69 Å². The summed E-state index contributed by atoms with van der Waals surface area (Å²) in [6.45, 7) is 5.84. The molecule has 7 heteroatoms. The average Bonchev–Trinajstić information content (AvgIpc) is 3.08. The van der Waals surface area contributed by atoms with Crippen molar-refractivity contribution in [3.8, 4) is 0 Å². The van der Waals surface area contributed by atoms with Gasteiger partial charge in [-0.2, -0.15) is 5.10 Å². The van der Waals surface area contributed by atoms with Crippen molar-refractivity contribution in [1.82, 2.24) is 28.8 Å². The molecular formula is C19H26N6O. The zero-order valence-corrected chi connectivity index (χ0v) is 15.7. The van der Waals surface area contributed by atoms with Gasteiger partial charge in [0.1, 0.15) is 0 Å². The SMILES string of the molecule is Cc1cc(CN2CCC(Cn3c(=O)n(C)c4cccnc43)CC2)nn1C. The van der Waals surface area contributed by atoms with Crippen molar-refractivity contribution in [3.05, 3.63) is 46.3 Å². The Morgan fingerprint density at radius 1 is 1.23 bits per heavy atom. The van der Waals surface area contributed by atoms with Crippen LogP contribution in [0.1, 0.15) is 24.2 Å². The molecule has 7 nitrogen and oxygen atoms in total. The Morgan fingerprint density at radius 3 is 2.69 bits per heavy atom. The van der Waals surface area contributed by atoms with E-state index >= 15 is 0 Å². The van der Waals surface area contributed by atoms with Crippen molar-refractivity contribution >= 4 is 11.2 Å². The van der Waals surface area contributed by atoms with E-state index in [0.29, 0.717) is 5.92 Å². The highest BCUT2D eigenvalue weighted by Crippen LogP contribution is 2.21. The number of imidazole rings is 1. The van der Waals surface area contributed by atoms with Crippen LogP contribution in [0.2, 0.25) is 0 Å². The van der Waals surface area contributed by atoms with E-state index in [1.807, 2.05) is 35.5 Å². The fraction of sp³-hybridized carbons (Fsp3) is 0.526. The van der Waals surface area contributed by atoms with Crippen molar-refractivity contribution in [3.63, 3.8) is 0 Å². The first-order valence-corrected chi connectivity index (χ1v) is 9.25. The quantitative estimate of drug-likeness (QED) is 0.715. The van der Waals surface area contributed by atoms with Gasteiger partial charge in [0.05, 0.1) is 11.2 Å². The van der Waals surface area contributed by atoms with E-state index in [4.69, 9.17) is 0 Å². The molecule has 26 heavy (non-hydrogen) atoms.